The molecule has 1 heterocycles. The SMILES string of the molecule is CCCNC(=O)CNCc1csc(-c2cccc(Br)c2)n1. The second kappa shape index (κ2) is 8.26. The van der Waals surface area contributed by atoms with Crippen molar-refractivity contribution in [2.75, 3.05) is 13.1 Å². The summed E-state index contributed by atoms with van der Waals surface area (Å²) < 4.78 is 1.04. The highest BCUT2D eigenvalue weighted by atomic mass is 79.9. The van der Waals surface area contributed by atoms with E-state index in [1.54, 1.807) is 11.3 Å². The monoisotopic (exact) mass is 367 g/mol. The van der Waals surface area contributed by atoms with Gasteiger partial charge in [0.15, 0.2) is 0 Å². The fourth-order valence-corrected chi connectivity index (χ4v) is 2.99. The van der Waals surface area contributed by atoms with Crippen LogP contribution in [0.5, 0.6) is 0 Å². The number of amides is 1. The van der Waals surface area contributed by atoms with Gasteiger partial charge in [-0.2, -0.15) is 0 Å². The molecule has 0 saturated carbocycles. The molecular formula is C15H18BrN3OS. The number of hydrogen-bond donors (Lipinski definition) is 2. The van der Waals surface area contributed by atoms with E-state index in [4.69, 9.17) is 0 Å². The number of rotatable bonds is 7. The van der Waals surface area contributed by atoms with Crippen LogP contribution in [0.3, 0.4) is 0 Å². The van der Waals surface area contributed by atoms with Crippen molar-refractivity contribution in [1.29, 1.82) is 0 Å². The quantitative estimate of drug-likeness (QED) is 0.789. The maximum absolute atomic E-state index is 11.5. The largest absolute Gasteiger partial charge is 0.355 e. The number of carbonyl (C=O) groups is 1. The van der Waals surface area contributed by atoms with Crippen molar-refractivity contribution in [2.24, 2.45) is 0 Å². The van der Waals surface area contributed by atoms with E-state index < -0.39 is 0 Å². The minimum atomic E-state index is 0.0271. The lowest BCUT2D eigenvalue weighted by atomic mass is 10.2. The van der Waals surface area contributed by atoms with Crippen molar-refractivity contribution in [2.45, 2.75) is 19.9 Å². The van der Waals surface area contributed by atoms with E-state index in [9.17, 15) is 4.79 Å². The average molecular weight is 368 g/mol. The molecule has 1 amide bonds. The van der Waals surface area contributed by atoms with Crippen LogP contribution in [0.15, 0.2) is 34.1 Å². The minimum absolute atomic E-state index is 0.0271. The van der Waals surface area contributed by atoms with Crippen LogP contribution in [0.2, 0.25) is 0 Å². The first kappa shape index (κ1) is 16.1. The molecule has 2 N–H and O–H groups in total. The highest BCUT2D eigenvalue weighted by Crippen LogP contribution is 2.26. The molecule has 0 atom stereocenters. The van der Waals surface area contributed by atoms with Gasteiger partial charge in [0, 0.05) is 28.5 Å². The highest BCUT2D eigenvalue weighted by Gasteiger charge is 2.06. The van der Waals surface area contributed by atoms with E-state index in [-0.39, 0.29) is 5.91 Å². The number of halogens is 1. The van der Waals surface area contributed by atoms with Crippen LogP contribution in [-0.2, 0) is 11.3 Å². The number of nitrogens with one attached hydrogen (secondary N) is 2. The zero-order chi connectivity index (χ0) is 15.1. The van der Waals surface area contributed by atoms with Gasteiger partial charge in [0.05, 0.1) is 12.2 Å². The first-order chi connectivity index (χ1) is 10.2. The molecule has 112 valence electrons. The van der Waals surface area contributed by atoms with Crippen LogP contribution in [0.1, 0.15) is 19.0 Å². The second-order valence-electron chi connectivity index (χ2n) is 4.61. The first-order valence-electron chi connectivity index (χ1n) is 6.87. The Labute approximate surface area is 137 Å². The zero-order valence-electron chi connectivity index (χ0n) is 11.9. The van der Waals surface area contributed by atoms with E-state index in [2.05, 4.69) is 31.5 Å². The third-order valence-corrected chi connectivity index (χ3v) is 4.22. The van der Waals surface area contributed by atoms with Gasteiger partial charge in [0.1, 0.15) is 5.01 Å². The van der Waals surface area contributed by atoms with Gasteiger partial charge < -0.3 is 10.6 Å². The van der Waals surface area contributed by atoms with Crippen LogP contribution < -0.4 is 10.6 Å². The van der Waals surface area contributed by atoms with Gasteiger partial charge >= 0.3 is 0 Å². The van der Waals surface area contributed by atoms with Crippen molar-refractivity contribution in [3.8, 4) is 10.6 Å². The molecule has 0 aliphatic rings. The Morgan fingerprint density at radius 3 is 3.05 bits per heavy atom. The van der Waals surface area contributed by atoms with Gasteiger partial charge in [0.25, 0.3) is 0 Å². The molecule has 0 spiro atoms. The molecule has 0 saturated heterocycles. The lowest BCUT2D eigenvalue weighted by molar-refractivity contribution is -0.120. The maximum atomic E-state index is 11.5. The summed E-state index contributed by atoms with van der Waals surface area (Å²) in [6.07, 6.45) is 0.952. The Hall–Kier alpha value is -1.24. The summed E-state index contributed by atoms with van der Waals surface area (Å²) in [5.74, 6) is 0.0271. The van der Waals surface area contributed by atoms with Crippen LogP contribution in [0.25, 0.3) is 10.6 Å². The minimum Gasteiger partial charge on any atom is -0.355 e. The summed E-state index contributed by atoms with van der Waals surface area (Å²) in [6, 6.07) is 8.08. The first-order valence-corrected chi connectivity index (χ1v) is 8.54. The molecule has 4 nitrogen and oxygen atoms in total. The van der Waals surface area contributed by atoms with Crippen molar-refractivity contribution in [3.63, 3.8) is 0 Å². The summed E-state index contributed by atoms with van der Waals surface area (Å²) in [4.78, 5) is 16.0. The van der Waals surface area contributed by atoms with E-state index in [1.165, 1.54) is 0 Å². The lowest BCUT2D eigenvalue weighted by Gasteiger charge is -2.04. The smallest absolute Gasteiger partial charge is 0.233 e. The standard InChI is InChI=1S/C15H18BrN3OS/c1-2-6-18-14(20)9-17-8-13-10-21-15(19-13)11-4-3-5-12(16)7-11/h3-5,7,10,17H,2,6,8-9H2,1H3,(H,18,20). The number of benzene rings is 1. The van der Waals surface area contributed by atoms with Crippen LogP contribution in [0, 0.1) is 0 Å². The summed E-state index contributed by atoms with van der Waals surface area (Å²) in [7, 11) is 0. The molecule has 6 heteroatoms. The van der Waals surface area contributed by atoms with Gasteiger partial charge in [-0.15, -0.1) is 11.3 Å². The van der Waals surface area contributed by atoms with Crippen LogP contribution >= 0.6 is 27.3 Å². The van der Waals surface area contributed by atoms with Gasteiger partial charge in [-0.3, -0.25) is 4.79 Å². The van der Waals surface area contributed by atoms with E-state index in [0.29, 0.717) is 13.1 Å². The average Bonchev–Trinajstić information content (AvgIpc) is 2.94. The number of carbonyl (C=O) groups excluding carboxylic acids is 1. The summed E-state index contributed by atoms with van der Waals surface area (Å²) in [6.45, 7) is 3.69. The van der Waals surface area contributed by atoms with Crippen molar-refractivity contribution >= 4 is 33.2 Å². The molecule has 1 aromatic heterocycles. The topological polar surface area (TPSA) is 54.0 Å². The highest BCUT2D eigenvalue weighted by molar-refractivity contribution is 9.10. The Balaban J connectivity index is 1.85. The van der Waals surface area contributed by atoms with Gasteiger partial charge in [-0.25, -0.2) is 4.98 Å². The predicted octanol–water partition coefficient (Wildman–Crippen LogP) is 3.19. The number of nitrogens with zero attached hydrogens (tertiary/aromatic N) is 1. The Morgan fingerprint density at radius 1 is 1.43 bits per heavy atom. The molecule has 0 radical (unpaired) electrons. The Kier molecular flexibility index (Phi) is 6.35. The predicted molar refractivity (Wildman–Crippen MR) is 90.3 cm³/mol. The summed E-state index contributed by atoms with van der Waals surface area (Å²) in [5.41, 5.74) is 2.06. The van der Waals surface area contributed by atoms with Crippen molar-refractivity contribution < 1.29 is 4.79 Å². The zero-order valence-corrected chi connectivity index (χ0v) is 14.3. The number of hydrogen-bond acceptors (Lipinski definition) is 4. The van der Waals surface area contributed by atoms with E-state index in [1.807, 2.05) is 36.6 Å². The fourth-order valence-electron chi connectivity index (χ4n) is 1.77. The third-order valence-electron chi connectivity index (χ3n) is 2.79. The van der Waals surface area contributed by atoms with Crippen LogP contribution in [-0.4, -0.2) is 24.0 Å². The maximum Gasteiger partial charge on any atom is 0.233 e. The Bertz CT molecular complexity index is 600. The van der Waals surface area contributed by atoms with E-state index >= 15 is 0 Å². The molecule has 2 rings (SSSR count). The van der Waals surface area contributed by atoms with Crippen LogP contribution in [0.4, 0.5) is 0 Å². The van der Waals surface area contributed by atoms with Gasteiger partial charge in [-0.05, 0) is 18.6 Å². The normalized spacial score (nSPS) is 10.6. The van der Waals surface area contributed by atoms with E-state index in [0.717, 1.165) is 33.7 Å². The van der Waals surface area contributed by atoms with Crippen molar-refractivity contribution in [1.82, 2.24) is 15.6 Å². The molecular weight excluding hydrogens is 350 g/mol. The summed E-state index contributed by atoms with van der Waals surface area (Å²) >= 11 is 5.08. The number of thiazole rings is 1. The number of aromatic nitrogens is 1. The molecule has 0 fully saturated rings. The molecule has 0 unspecified atom stereocenters. The molecule has 0 aliphatic heterocycles. The second-order valence-corrected chi connectivity index (χ2v) is 6.38. The van der Waals surface area contributed by atoms with Gasteiger partial charge in [0.2, 0.25) is 5.91 Å². The molecule has 2 aromatic rings. The Morgan fingerprint density at radius 2 is 2.29 bits per heavy atom. The third kappa shape index (κ3) is 5.22. The van der Waals surface area contributed by atoms with Crippen molar-refractivity contribution in [3.05, 3.63) is 39.8 Å². The molecule has 0 bridgehead atoms. The lowest BCUT2D eigenvalue weighted by Crippen LogP contribution is -2.33. The van der Waals surface area contributed by atoms with Gasteiger partial charge in [-0.1, -0.05) is 35.0 Å². The fraction of sp³-hybridized carbons (Fsp3) is 0.333. The molecule has 21 heavy (non-hydrogen) atoms. The summed E-state index contributed by atoms with van der Waals surface area (Å²) in [5, 5.41) is 8.95. The molecule has 0 aliphatic carbocycles. The molecule has 1 aromatic carbocycles.